The first kappa shape index (κ1) is 19.2. The van der Waals surface area contributed by atoms with E-state index < -0.39 is 12.1 Å². The molecular weight excluding hydrogens is 359 g/mol. The monoisotopic (exact) mass is 376 g/mol. The second-order valence-electron chi connectivity index (χ2n) is 5.49. The lowest BCUT2D eigenvalue weighted by molar-refractivity contribution is -0.140. The van der Waals surface area contributed by atoms with Crippen molar-refractivity contribution in [1.82, 2.24) is 0 Å². The van der Waals surface area contributed by atoms with Crippen LogP contribution in [0.15, 0.2) is 48.5 Å². The highest BCUT2D eigenvalue weighted by molar-refractivity contribution is 6.35. The van der Waals surface area contributed by atoms with Gasteiger partial charge >= 0.3 is 5.97 Å². The van der Waals surface area contributed by atoms with Crippen LogP contribution in [0.3, 0.4) is 0 Å². The molecule has 3 nitrogen and oxygen atoms in total. The van der Waals surface area contributed by atoms with Crippen molar-refractivity contribution >= 4 is 41.0 Å². The Morgan fingerprint density at radius 1 is 1.12 bits per heavy atom. The number of hydrogen-bond donors (Lipinski definition) is 0. The zero-order valence-corrected chi connectivity index (χ0v) is 15.5. The fourth-order valence-electron chi connectivity index (χ4n) is 2.20. The standard InChI is InChI=1S/C20H18Cl2O3/c1-3-14-4-6-16(7-5-14)20(24)13(2)25-19(23)11-9-15-8-10-17(21)12-18(15)22/h4-13H,3H2,1-2H3/b11-9+/t13-/m0/s1. The number of ketones is 1. The number of Topliss-reactive ketones (excluding diaryl/α,β-unsaturated/α-hetero) is 1. The Balaban J connectivity index is 1.98. The lowest BCUT2D eigenvalue weighted by Gasteiger charge is -2.11. The summed E-state index contributed by atoms with van der Waals surface area (Å²) >= 11 is 11.9. The number of hydrogen-bond acceptors (Lipinski definition) is 3. The number of ether oxygens (including phenoxy) is 1. The molecule has 0 aliphatic heterocycles. The van der Waals surface area contributed by atoms with Crippen molar-refractivity contribution in [3.8, 4) is 0 Å². The highest BCUT2D eigenvalue weighted by atomic mass is 35.5. The van der Waals surface area contributed by atoms with E-state index in [0.717, 1.165) is 12.0 Å². The van der Waals surface area contributed by atoms with E-state index in [1.54, 1.807) is 37.3 Å². The summed E-state index contributed by atoms with van der Waals surface area (Å²) in [6, 6.07) is 12.2. The predicted molar refractivity (Wildman–Crippen MR) is 101 cm³/mol. The quantitative estimate of drug-likeness (QED) is 0.385. The molecule has 1 atom stereocenters. The van der Waals surface area contributed by atoms with Crippen molar-refractivity contribution in [2.24, 2.45) is 0 Å². The molecule has 0 radical (unpaired) electrons. The van der Waals surface area contributed by atoms with Gasteiger partial charge in [-0.05, 0) is 42.7 Å². The van der Waals surface area contributed by atoms with Gasteiger partial charge in [0.15, 0.2) is 6.10 Å². The molecule has 0 bridgehead atoms. The lowest BCUT2D eigenvalue weighted by Crippen LogP contribution is -2.23. The third kappa shape index (κ3) is 5.45. The Morgan fingerprint density at radius 2 is 1.80 bits per heavy atom. The topological polar surface area (TPSA) is 43.4 Å². The van der Waals surface area contributed by atoms with Gasteiger partial charge in [-0.2, -0.15) is 0 Å². The summed E-state index contributed by atoms with van der Waals surface area (Å²) in [7, 11) is 0. The van der Waals surface area contributed by atoms with Crippen molar-refractivity contribution in [2.75, 3.05) is 0 Å². The molecule has 0 heterocycles. The maximum absolute atomic E-state index is 12.3. The molecule has 0 amide bonds. The zero-order chi connectivity index (χ0) is 18.4. The van der Waals surface area contributed by atoms with Gasteiger partial charge < -0.3 is 4.74 Å². The van der Waals surface area contributed by atoms with E-state index in [-0.39, 0.29) is 5.78 Å². The number of benzene rings is 2. The minimum Gasteiger partial charge on any atom is -0.451 e. The average Bonchev–Trinajstić information content (AvgIpc) is 2.60. The molecule has 5 heteroatoms. The van der Waals surface area contributed by atoms with Crippen molar-refractivity contribution < 1.29 is 14.3 Å². The summed E-state index contributed by atoms with van der Waals surface area (Å²) in [5, 5.41) is 0.940. The van der Waals surface area contributed by atoms with Crippen LogP contribution in [-0.2, 0) is 16.0 Å². The summed E-state index contributed by atoms with van der Waals surface area (Å²) < 4.78 is 5.16. The summed E-state index contributed by atoms with van der Waals surface area (Å²) in [4.78, 5) is 24.2. The van der Waals surface area contributed by atoms with Crippen LogP contribution in [0.25, 0.3) is 6.08 Å². The Labute approximate surface area is 157 Å². The third-order valence-electron chi connectivity index (χ3n) is 3.67. The fourth-order valence-corrected chi connectivity index (χ4v) is 2.67. The number of rotatable bonds is 6. The molecule has 130 valence electrons. The van der Waals surface area contributed by atoms with E-state index >= 15 is 0 Å². The Hall–Kier alpha value is -2.10. The Kier molecular flexibility index (Phi) is 6.80. The van der Waals surface area contributed by atoms with E-state index in [2.05, 4.69) is 0 Å². The van der Waals surface area contributed by atoms with E-state index in [4.69, 9.17) is 27.9 Å². The molecule has 0 saturated carbocycles. The van der Waals surface area contributed by atoms with Crippen LogP contribution in [0.4, 0.5) is 0 Å². The molecule has 0 spiro atoms. The molecular formula is C20H18Cl2O3. The summed E-state index contributed by atoms with van der Waals surface area (Å²) in [5.74, 6) is -0.856. The van der Waals surface area contributed by atoms with Crippen LogP contribution in [0, 0.1) is 0 Å². The molecule has 0 saturated heterocycles. The van der Waals surface area contributed by atoms with Crippen molar-refractivity contribution in [2.45, 2.75) is 26.4 Å². The van der Waals surface area contributed by atoms with Gasteiger partial charge in [0.2, 0.25) is 5.78 Å². The van der Waals surface area contributed by atoms with Crippen LogP contribution in [0.5, 0.6) is 0 Å². The maximum atomic E-state index is 12.3. The third-order valence-corrected chi connectivity index (χ3v) is 4.23. The number of esters is 1. The number of aryl methyl sites for hydroxylation is 1. The fraction of sp³-hybridized carbons (Fsp3) is 0.200. The second-order valence-corrected chi connectivity index (χ2v) is 6.34. The van der Waals surface area contributed by atoms with Gasteiger partial charge in [-0.25, -0.2) is 4.79 Å². The van der Waals surface area contributed by atoms with Gasteiger partial charge in [0.25, 0.3) is 0 Å². The molecule has 2 rings (SSSR count). The highest BCUT2D eigenvalue weighted by Crippen LogP contribution is 2.22. The molecule has 0 fully saturated rings. The number of halogens is 2. The van der Waals surface area contributed by atoms with Gasteiger partial charge in [0.1, 0.15) is 0 Å². The van der Waals surface area contributed by atoms with Gasteiger partial charge in [-0.1, -0.05) is 60.5 Å². The first-order chi connectivity index (χ1) is 11.9. The molecule has 0 aliphatic rings. The first-order valence-corrected chi connectivity index (χ1v) is 8.63. The van der Waals surface area contributed by atoms with Gasteiger partial charge in [0, 0.05) is 21.7 Å². The van der Waals surface area contributed by atoms with E-state index in [1.165, 1.54) is 12.2 Å². The minimum atomic E-state index is -0.870. The number of carbonyl (C=O) groups is 2. The lowest BCUT2D eigenvalue weighted by atomic mass is 10.0. The van der Waals surface area contributed by atoms with Crippen molar-refractivity contribution in [1.29, 1.82) is 0 Å². The second kappa shape index (κ2) is 8.84. The van der Waals surface area contributed by atoms with Crippen LogP contribution in [0.1, 0.15) is 35.3 Å². The molecule has 25 heavy (non-hydrogen) atoms. The predicted octanol–water partition coefficient (Wildman–Crippen LogP) is 5.38. The van der Waals surface area contributed by atoms with E-state index in [9.17, 15) is 9.59 Å². The highest BCUT2D eigenvalue weighted by Gasteiger charge is 2.18. The minimum absolute atomic E-state index is 0.242. The van der Waals surface area contributed by atoms with Crippen LogP contribution >= 0.6 is 23.2 Å². The van der Waals surface area contributed by atoms with Crippen molar-refractivity contribution in [3.05, 3.63) is 75.3 Å². The van der Waals surface area contributed by atoms with Crippen molar-refractivity contribution in [3.63, 3.8) is 0 Å². The molecule has 0 N–H and O–H groups in total. The first-order valence-electron chi connectivity index (χ1n) is 7.87. The molecule has 2 aromatic carbocycles. The summed E-state index contributed by atoms with van der Waals surface area (Å²) in [6.07, 6.45) is 2.79. The normalized spacial score (nSPS) is 12.2. The Bertz CT molecular complexity index is 795. The zero-order valence-electron chi connectivity index (χ0n) is 14.0. The average molecular weight is 377 g/mol. The van der Waals surface area contributed by atoms with E-state index in [0.29, 0.717) is 21.2 Å². The largest absolute Gasteiger partial charge is 0.451 e. The number of carbonyl (C=O) groups excluding carboxylic acids is 2. The van der Waals surface area contributed by atoms with Gasteiger partial charge in [-0.3, -0.25) is 4.79 Å². The Morgan fingerprint density at radius 3 is 2.40 bits per heavy atom. The van der Waals surface area contributed by atoms with Gasteiger partial charge in [0.05, 0.1) is 0 Å². The smallest absolute Gasteiger partial charge is 0.331 e. The van der Waals surface area contributed by atoms with E-state index in [1.807, 2.05) is 19.1 Å². The molecule has 0 aromatic heterocycles. The molecule has 0 unspecified atom stereocenters. The molecule has 2 aromatic rings. The van der Waals surface area contributed by atoms with Crippen LogP contribution in [-0.4, -0.2) is 17.9 Å². The molecule has 0 aliphatic carbocycles. The summed E-state index contributed by atoms with van der Waals surface area (Å²) in [6.45, 7) is 3.59. The van der Waals surface area contributed by atoms with Crippen LogP contribution in [0.2, 0.25) is 10.0 Å². The van der Waals surface area contributed by atoms with Crippen LogP contribution < -0.4 is 0 Å². The summed E-state index contributed by atoms with van der Waals surface area (Å²) in [5.41, 5.74) is 2.29. The van der Waals surface area contributed by atoms with Gasteiger partial charge in [-0.15, -0.1) is 0 Å². The maximum Gasteiger partial charge on any atom is 0.331 e. The SMILES string of the molecule is CCc1ccc(C(=O)[C@H](C)OC(=O)/C=C/c2ccc(Cl)cc2Cl)cc1.